The van der Waals surface area contributed by atoms with Crippen LogP contribution < -0.4 is 10.6 Å². The largest absolute Gasteiger partial charge is 0.467 e. The predicted molar refractivity (Wildman–Crippen MR) is 152 cm³/mol. The Hall–Kier alpha value is -4.63. The van der Waals surface area contributed by atoms with Gasteiger partial charge in [0.05, 0.1) is 12.8 Å². The molecule has 7 nitrogen and oxygen atoms in total. The third-order valence-electron chi connectivity index (χ3n) is 6.30. The van der Waals surface area contributed by atoms with Crippen LogP contribution >= 0.6 is 11.8 Å². The van der Waals surface area contributed by atoms with Crippen LogP contribution in [0.2, 0.25) is 0 Å². The fraction of sp³-hybridized carbons (Fsp3) is 0.129. The third-order valence-corrected chi connectivity index (χ3v) is 7.40. The molecular formula is C31H26FN3O4S. The number of amides is 3. The molecule has 3 aromatic carbocycles. The average Bonchev–Trinajstić information content (AvgIpc) is 3.54. The summed E-state index contributed by atoms with van der Waals surface area (Å²) in [6.07, 6.45) is 1.50. The summed E-state index contributed by atoms with van der Waals surface area (Å²) >= 11 is 1.16. The highest BCUT2D eigenvalue weighted by Gasteiger charge is 2.39. The van der Waals surface area contributed by atoms with Gasteiger partial charge >= 0.3 is 0 Å². The Morgan fingerprint density at radius 3 is 2.20 bits per heavy atom. The maximum atomic E-state index is 13.4. The number of halogens is 1. The van der Waals surface area contributed by atoms with Crippen molar-refractivity contribution in [2.75, 3.05) is 10.6 Å². The lowest BCUT2D eigenvalue weighted by Gasteiger charge is -2.14. The van der Waals surface area contributed by atoms with Gasteiger partial charge in [0.15, 0.2) is 0 Å². The van der Waals surface area contributed by atoms with Crippen molar-refractivity contribution < 1.29 is 23.2 Å². The van der Waals surface area contributed by atoms with E-state index in [-0.39, 0.29) is 23.1 Å². The van der Waals surface area contributed by atoms with Crippen molar-refractivity contribution in [1.29, 1.82) is 0 Å². The van der Waals surface area contributed by atoms with Gasteiger partial charge in [0.25, 0.3) is 17.7 Å². The van der Waals surface area contributed by atoms with E-state index >= 15 is 0 Å². The minimum atomic E-state index is -0.444. The van der Waals surface area contributed by atoms with E-state index in [0.717, 1.165) is 22.2 Å². The Balaban J connectivity index is 1.37. The number of carbonyl (C=O) groups excluding carboxylic acids is 3. The first-order valence-corrected chi connectivity index (χ1v) is 13.4. The van der Waals surface area contributed by atoms with Gasteiger partial charge in [0, 0.05) is 21.8 Å². The second-order valence-electron chi connectivity index (χ2n) is 9.47. The van der Waals surface area contributed by atoms with Gasteiger partial charge < -0.3 is 15.1 Å². The number of hydrogen-bond acceptors (Lipinski definition) is 6. The molecule has 1 aliphatic heterocycles. The maximum absolute atomic E-state index is 13.4. The highest BCUT2D eigenvalue weighted by Crippen LogP contribution is 2.37. The number of furan rings is 1. The van der Waals surface area contributed by atoms with Crippen LogP contribution in [0.25, 0.3) is 0 Å². The van der Waals surface area contributed by atoms with Gasteiger partial charge in [0.1, 0.15) is 22.2 Å². The molecule has 0 saturated heterocycles. The van der Waals surface area contributed by atoms with Crippen LogP contribution in [0.3, 0.4) is 0 Å². The summed E-state index contributed by atoms with van der Waals surface area (Å²) in [5, 5.41) is 5.92. The van der Waals surface area contributed by atoms with E-state index < -0.39 is 17.6 Å². The van der Waals surface area contributed by atoms with E-state index in [1.54, 1.807) is 36.4 Å². The summed E-state index contributed by atoms with van der Waals surface area (Å²) in [6, 6.07) is 23.3. The molecule has 0 bridgehead atoms. The van der Waals surface area contributed by atoms with Gasteiger partial charge in [-0.15, -0.1) is 0 Å². The smallest absolute Gasteiger partial charge is 0.278 e. The topological polar surface area (TPSA) is 91.7 Å². The summed E-state index contributed by atoms with van der Waals surface area (Å²) in [4.78, 5) is 41.4. The van der Waals surface area contributed by atoms with Gasteiger partial charge in [-0.2, -0.15) is 0 Å². The number of rotatable bonds is 9. The van der Waals surface area contributed by atoms with Gasteiger partial charge in [-0.25, -0.2) is 4.39 Å². The molecule has 0 aliphatic carbocycles. The molecule has 1 aromatic heterocycles. The molecule has 2 N–H and O–H groups in total. The molecule has 0 spiro atoms. The average molecular weight is 556 g/mol. The molecular weight excluding hydrogens is 529 g/mol. The van der Waals surface area contributed by atoms with Crippen LogP contribution in [0.5, 0.6) is 0 Å². The number of carbonyl (C=O) groups is 3. The number of hydrogen-bond donors (Lipinski definition) is 2. The first kappa shape index (κ1) is 27.0. The Labute approximate surface area is 235 Å². The highest BCUT2D eigenvalue weighted by molar-refractivity contribution is 8.04. The van der Waals surface area contributed by atoms with E-state index in [1.165, 1.54) is 30.5 Å². The summed E-state index contributed by atoms with van der Waals surface area (Å²) < 4.78 is 18.5. The lowest BCUT2D eigenvalue weighted by atomic mass is 10.0. The summed E-state index contributed by atoms with van der Waals surface area (Å²) in [6.45, 7) is 4.22. The molecule has 40 heavy (non-hydrogen) atoms. The zero-order valence-corrected chi connectivity index (χ0v) is 22.6. The Bertz CT molecular complexity index is 1560. The van der Waals surface area contributed by atoms with Crippen LogP contribution in [0.15, 0.2) is 111 Å². The molecule has 3 amide bonds. The SMILES string of the molecule is CC(C)c1ccc(NC2=C(Sc3ccc(NC(=O)c4ccc(F)cc4)cc3)C(=O)N(Cc3ccco3)C2=O)cc1. The van der Waals surface area contributed by atoms with Gasteiger partial charge in [-0.1, -0.05) is 37.7 Å². The molecule has 9 heteroatoms. The standard InChI is InChI=1S/C31H26FN3O4S/c1-19(2)20-7-11-23(12-8-20)33-27-28(31(38)35(30(27)37)18-25-4-3-17-39-25)40-26-15-13-24(14-16-26)34-29(36)21-5-9-22(32)10-6-21/h3-17,19,33H,18H2,1-2H3,(H,34,36). The number of thioether (sulfide) groups is 1. The summed E-state index contributed by atoms with van der Waals surface area (Å²) in [7, 11) is 0. The lowest BCUT2D eigenvalue weighted by molar-refractivity contribution is -0.138. The van der Waals surface area contributed by atoms with E-state index in [0.29, 0.717) is 33.5 Å². The third kappa shape index (κ3) is 6.00. The molecule has 0 saturated carbocycles. The minimum absolute atomic E-state index is 0.0144. The van der Waals surface area contributed by atoms with E-state index in [2.05, 4.69) is 24.5 Å². The van der Waals surface area contributed by atoms with Crippen LogP contribution in [0.1, 0.15) is 41.4 Å². The van der Waals surface area contributed by atoms with Crippen LogP contribution in [-0.4, -0.2) is 22.6 Å². The number of nitrogens with one attached hydrogen (secondary N) is 2. The van der Waals surface area contributed by atoms with Crippen LogP contribution in [0, 0.1) is 5.82 Å². The summed E-state index contributed by atoms with van der Waals surface area (Å²) in [5.74, 6) is -0.808. The number of benzene rings is 3. The zero-order valence-electron chi connectivity index (χ0n) is 21.8. The Morgan fingerprint density at radius 1 is 0.900 bits per heavy atom. The molecule has 0 atom stereocenters. The molecule has 0 unspecified atom stereocenters. The fourth-order valence-electron chi connectivity index (χ4n) is 4.09. The van der Waals surface area contributed by atoms with E-state index in [1.807, 2.05) is 24.3 Å². The van der Waals surface area contributed by atoms with Crippen molar-refractivity contribution in [3.05, 3.63) is 124 Å². The van der Waals surface area contributed by atoms with Gasteiger partial charge in [-0.3, -0.25) is 19.3 Å². The predicted octanol–water partition coefficient (Wildman–Crippen LogP) is 6.78. The lowest BCUT2D eigenvalue weighted by Crippen LogP contribution is -2.31. The fourth-order valence-corrected chi connectivity index (χ4v) is 5.03. The van der Waals surface area contributed by atoms with E-state index in [4.69, 9.17) is 4.42 Å². The van der Waals surface area contributed by atoms with Crippen LogP contribution in [-0.2, 0) is 16.1 Å². The van der Waals surface area contributed by atoms with Crippen molar-refractivity contribution in [2.45, 2.75) is 31.2 Å². The van der Waals surface area contributed by atoms with Crippen LogP contribution in [0.4, 0.5) is 15.8 Å². The molecule has 2 heterocycles. The Morgan fingerprint density at radius 2 is 1.57 bits per heavy atom. The molecule has 4 aromatic rings. The Kier molecular flexibility index (Phi) is 7.84. The normalized spacial score (nSPS) is 13.3. The number of nitrogens with zero attached hydrogens (tertiary/aromatic N) is 1. The van der Waals surface area contributed by atoms with Crippen molar-refractivity contribution in [1.82, 2.24) is 4.90 Å². The van der Waals surface area contributed by atoms with Gasteiger partial charge in [0.2, 0.25) is 0 Å². The first-order chi connectivity index (χ1) is 19.3. The van der Waals surface area contributed by atoms with Gasteiger partial charge in [-0.05, 0) is 84.3 Å². The second kappa shape index (κ2) is 11.6. The van der Waals surface area contributed by atoms with E-state index in [9.17, 15) is 18.8 Å². The molecule has 0 fully saturated rings. The maximum Gasteiger partial charge on any atom is 0.278 e. The first-order valence-electron chi connectivity index (χ1n) is 12.6. The molecule has 5 rings (SSSR count). The second-order valence-corrected chi connectivity index (χ2v) is 10.6. The summed E-state index contributed by atoms with van der Waals surface area (Å²) in [5.41, 5.74) is 2.90. The number of imide groups is 1. The number of anilines is 2. The van der Waals surface area contributed by atoms with Crippen molar-refractivity contribution >= 4 is 40.9 Å². The quantitative estimate of drug-likeness (QED) is 0.221. The minimum Gasteiger partial charge on any atom is -0.467 e. The molecule has 1 aliphatic rings. The van der Waals surface area contributed by atoms with Crippen molar-refractivity contribution in [3.63, 3.8) is 0 Å². The molecule has 0 radical (unpaired) electrons. The molecule has 202 valence electrons. The zero-order chi connectivity index (χ0) is 28.2. The van der Waals surface area contributed by atoms with Crippen molar-refractivity contribution in [3.8, 4) is 0 Å². The monoisotopic (exact) mass is 555 g/mol. The van der Waals surface area contributed by atoms with Crippen molar-refractivity contribution in [2.24, 2.45) is 0 Å². The highest BCUT2D eigenvalue weighted by atomic mass is 32.2.